The van der Waals surface area contributed by atoms with E-state index in [4.69, 9.17) is 9.57 Å². The number of rotatable bonds is 7. The summed E-state index contributed by atoms with van der Waals surface area (Å²) >= 11 is 0. The topological polar surface area (TPSA) is 50.8 Å². The summed E-state index contributed by atoms with van der Waals surface area (Å²) in [5.74, 6) is -0.0301. The van der Waals surface area contributed by atoms with Crippen LogP contribution in [0.1, 0.15) is 17.5 Å². The third-order valence-corrected chi connectivity index (χ3v) is 4.10. The number of ether oxygens (including phenoxy) is 1. The zero-order chi connectivity index (χ0) is 16.8. The summed E-state index contributed by atoms with van der Waals surface area (Å²) in [6.45, 7) is 1.67. The quantitative estimate of drug-likeness (QED) is 0.850. The fourth-order valence-electron chi connectivity index (χ4n) is 2.80. The number of amides is 1. The van der Waals surface area contributed by atoms with E-state index in [9.17, 15) is 4.79 Å². The average molecular weight is 326 g/mol. The number of carbonyl (C=O) groups is 1. The lowest BCUT2D eigenvalue weighted by Gasteiger charge is -2.17. The van der Waals surface area contributed by atoms with Gasteiger partial charge >= 0.3 is 0 Å². The molecule has 5 heteroatoms. The van der Waals surface area contributed by atoms with Crippen molar-refractivity contribution in [2.75, 3.05) is 19.0 Å². The molecule has 1 atom stereocenters. The minimum atomic E-state index is -0.250. The molecule has 2 aromatic carbocycles. The highest BCUT2D eigenvalue weighted by molar-refractivity contribution is 5.86. The first-order valence-corrected chi connectivity index (χ1v) is 8.09. The van der Waals surface area contributed by atoms with E-state index in [-0.39, 0.29) is 11.9 Å². The van der Waals surface area contributed by atoms with Crippen molar-refractivity contribution in [3.63, 3.8) is 0 Å². The van der Waals surface area contributed by atoms with E-state index >= 15 is 0 Å². The highest BCUT2D eigenvalue weighted by atomic mass is 16.7. The van der Waals surface area contributed by atoms with Crippen LogP contribution in [0.2, 0.25) is 0 Å². The molecule has 1 aliphatic heterocycles. The van der Waals surface area contributed by atoms with Gasteiger partial charge in [0.25, 0.3) is 5.91 Å². The van der Waals surface area contributed by atoms with Crippen molar-refractivity contribution >= 4 is 11.6 Å². The molecule has 0 bridgehead atoms. The van der Waals surface area contributed by atoms with Gasteiger partial charge in [-0.25, -0.2) is 5.06 Å². The molecule has 1 unspecified atom stereocenters. The highest BCUT2D eigenvalue weighted by Crippen LogP contribution is 2.21. The molecule has 2 aromatic rings. The smallest absolute Gasteiger partial charge is 0.268 e. The summed E-state index contributed by atoms with van der Waals surface area (Å²) in [7, 11) is 1.52. The zero-order valence-corrected chi connectivity index (χ0v) is 13.8. The molecule has 0 saturated carbocycles. The monoisotopic (exact) mass is 326 g/mol. The zero-order valence-electron chi connectivity index (χ0n) is 13.8. The summed E-state index contributed by atoms with van der Waals surface area (Å²) in [4.78, 5) is 17.2. The van der Waals surface area contributed by atoms with Crippen molar-refractivity contribution in [2.24, 2.45) is 0 Å². The number of nitrogens with one attached hydrogen (secondary N) is 1. The lowest BCUT2D eigenvalue weighted by Crippen LogP contribution is -2.33. The average Bonchev–Trinajstić information content (AvgIpc) is 2.97. The number of hydroxylamine groups is 2. The van der Waals surface area contributed by atoms with Crippen molar-refractivity contribution in [3.05, 3.63) is 65.7 Å². The second kappa shape index (κ2) is 7.95. The third-order valence-electron chi connectivity index (χ3n) is 4.10. The van der Waals surface area contributed by atoms with Crippen LogP contribution in [0.5, 0.6) is 0 Å². The molecule has 126 valence electrons. The van der Waals surface area contributed by atoms with Gasteiger partial charge in [-0.05, 0) is 18.1 Å². The minimum absolute atomic E-state index is 0.0301. The Labute approximate surface area is 142 Å². The van der Waals surface area contributed by atoms with Crippen LogP contribution in [-0.2, 0) is 27.6 Å². The Bertz CT molecular complexity index is 675. The third kappa shape index (κ3) is 3.93. The molecule has 3 rings (SSSR count). The van der Waals surface area contributed by atoms with Gasteiger partial charge in [0.15, 0.2) is 0 Å². The van der Waals surface area contributed by atoms with E-state index in [2.05, 4.69) is 5.32 Å². The van der Waals surface area contributed by atoms with Crippen molar-refractivity contribution in [3.8, 4) is 0 Å². The molecule has 1 N–H and O–H groups in total. The summed E-state index contributed by atoms with van der Waals surface area (Å²) in [5, 5.41) is 4.72. The van der Waals surface area contributed by atoms with Crippen LogP contribution in [0.25, 0.3) is 0 Å². The van der Waals surface area contributed by atoms with Gasteiger partial charge in [-0.3, -0.25) is 9.63 Å². The maximum atomic E-state index is 12.2. The molecule has 1 heterocycles. The van der Waals surface area contributed by atoms with Gasteiger partial charge in [0.1, 0.15) is 6.04 Å². The van der Waals surface area contributed by atoms with Crippen molar-refractivity contribution < 1.29 is 14.4 Å². The fourth-order valence-corrected chi connectivity index (χ4v) is 2.80. The van der Waals surface area contributed by atoms with Crippen LogP contribution in [0.4, 0.5) is 5.69 Å². The van der Waals surface area contributed by atoms with Gasteiger partial charge in [-0.1, -0.05) is 48.5 Å². The highest BCUT2D eigenvalue weighted by Gasteiger charge is 2.32. The molecule has 0 aromatic heterocycles. The van der Waals surface area contributed by atoms with Crippen LogP contribution in [0, 0.1) is 0 Å². The lowest BCUT2D eigenvalue weighted by molar-refractivity contribution is -0.167. The second-order valence-corrected chi connectivity index (χ2v) is 5.74. The van der Waals surface area contributed by atoms with Crippen LogP contribution in [0.3, 0.4) is 0 Å². The summed E-state index contributed by atoms with van der Waals surface area (Å²) < 4.78 is 5.82. The van der Waals surface area contributed by atoms with Gasteiger partial charge in [0.05, 0.1) is 26.9 Å². The first-order valence-electron chi connectivity index (χ1n) is 8.09. The van der Waals surface area contributed by atoms with E-state index in [0.29, 0.717) is 19.8 Å². The van der Waals surface area contributed by atoms with Gasteiger partial charge in [0.2, 0.25) is 0 Å². The van der Waals surface area contributed by atoms with Crippen molar-refractivity contribution in [1.82, 2.24) is 5.06 Å². The molecule has 1 aliphatic rings. The number of hydrogen-bond donors (Lipinski definition) is 1. The van der Waals surface area contributed by atoms with Crippen LogP contribution in [-0.4, -0.2) is 30.7 Å². The number of hydrogen-bond acceptors (Lipinski definition) is 4. The molecular formula is C19H22N2O3. The summed E-state index contributed by atoms with van der Waals surface area (Å²) in [6, 6.07) is 17.8. The van der Waals surface area contributed by atoms with Crippen molar-refractivity contribution in [1.29, 1.82) is 0 Å². The van der Waals surface area contributed by atoms with Crippen molar-refractivity contribution in [2.45, 2.75) is 25.7 Å². The number of carbonyl (C=O) groups excluding carboxylic acids is 1. The van der Waals surface area contributed by atoms with E-state index in [1.165, 1.54) is 12.2 Å². The largest absolute Gasteiger partial charge is 0.373 e. The predicted octanol–water partition coefficient (Wildman–Crippen LogP) is 2.98. The van der Waals surface area contributed by atoms with E-state index in [1.54, 1.807) is 0 Å². The maximum absolute atomic E-state index is 12.2. The Morgan fingerprint density at radius 1 is 1.08 bits per heavy atom. The van der Waals surface area contributed by atoms with Gasteiger partial charge < -0.3 is 10.1 Å². The Morgan fingerprint density at radius 2 is 1.83 bits per heavy atom. The SMILES string of the molecule is CON1CCC(Nc2ccccc2COCc2ccccc2)C1=O. The number of anilines is 1. The molecule has 5 nitrogen and oxygen atoms in total. The normalized spacial score (nSPS) is 17.3. The molecule has 1 amide bonds. The minimum Gasteiger partial charge on any atom is -0.373 e. The summed E-state index contributed by atoms with van der Waals surface area (Å²) in [5.41, 5.74) is 3.11. The van der Waals surface area contributed by atoms with Crippen LogP contribution >= 0.6 is 0 Å². The number of benzene rings is 2. The van der Waals surface area contributed by atoms with Gasteiger partial charge in [0, 0.05) is 11.3 Å². The molecule has 1 saturated heterocycles. The maximum Gasteiger partial charge on any atom is 0.268 e. The Morgan fingerprint density at radius 3 is 2.58 bits per heavy atom. The lowest BCUT2D eigenvalue weighted by atomic mass is 10.1. The van der Waals surface area contributed by atoms with E-state index in [0.717, 1.165) is 23.2 Å². The first-order chi connectivity index (χ1) is 11.8. The van der Waals surface area contributed by atoms with Gasteiger partial charge in [-0.2, -0.15) is 0 Å². The molecule has 0 spiro atoms. The van der Waals surface area contributed by atoms with Crippen LogP contribution < -0.4 is 5.32 Å². The summed E-state index contributed by atoms with van der Waals surface area (Å²) in [6.07, 6.45) is 0.728. The Hall–Kier alpha value is -2.37. The Kier molecular flexibility index (Phi) is 5.46. The number of nitrogens with zero attached hydrogens (tertiary/aromatic N) is 1. The van der Waals surface area contributed by atoms with E-state index in [1.807, 2.05) is 54.6 Å². The molecule has 0 radical (unpaired) electrons. The molecule has 0 aliphatic carbocycles. The van der Waals surface area contributed by atoms with Crippen LogP contribution in [0.15, 0.2) is 54.6 Å². The fraction of sp³-hybridized carbons (Fsp3) is 0.316. The molecular weight excluding hydrogens is 304 g/mol. The van der Waals surface area contributed by atoms with E-state index < -0.39 is 0 Å². The standard InChI is InChI=1S/C19H22N2O3/c1-23-21-12-11-18(19(21)22)20-17-10-6-5-9-16(17)14-24-13-15-7-3-2-4-8-15/h2-10,18,20H,11-14H2,1H3. The second-order valence-electron chi connectivity index (χ2n) is 5.74. The first kappa shape index (κ1) is 16.5. The van der Waals surface area contributed by atoms with Gasteiger partial charge in [-0.15, -0.1) is 0 Å². The predicted molar refractivity (Wildman–Crippen MR) is 92.1 cm³/mol. The molecule has 1 fully saturated rings. The molecule has 24 heavy (non-hydrogen) atoms. The number of para-hydroxylation sites is 1. The Balaban J connectivity index is 1.60.